The number of likely N-dealkylation sites (tertiary alicyclic amines) is 1. The zero-order chi connectivity index (χ0) is 32.8. The van der Waals surface area contributed by atoms with Crippen LogP contribution in [0, 0.1) is 51.0 Å². The molecule has 2 spiro atoms. The summed E-state index contributed by atoms with van der Waals surface area (Å²) in [6.07, 6.45) is 15.1. The van der Waals surface area contributed by atoms with Crippen LogP contribution in [0.2, 0.25) is 0 Å². The van der Waals surface area contributed by atoms with E-state index in [2.05, 4.69) is 67.3 Å². The molecule has 250 valence electrons. The van der Waals surface area contributed by atoms with Crippen LogP contribution < -0.4 is 0 Å². The van der Waals surface area contributed by atoms with E-state index >= 15 is 0 Å². The van der Waals surface area contributed by atoms with Gasteiger partial charge in [0.05, 0.1) is 11.7 Å². The first-order chi connectivity index (χ1) is 22.4. The lowest BCUT2D eigenvalue weighted by molar-refractivity contribution is -0.177. The van der Waals surface area contributed by atoms with Crippen LogP contribution in [0.3, 0.4) is 0 Å². The lowest BCUT2D eigenvalue weighted by Crippen LogP contribution is -2.67. The van der Waals surface area contributed by atoms with E-state index in [9.17, 15) is 23.8 Å². The Balaban J connectivity index is 1.12. The molecule has 0 radical (unpaired) electrons. The summed E-state index contributed by atoms with van der Waals surface area (Å²) in [6.45, 7) is 7.25. The molecule has 2 aromatic carbocycles. The molecule has 2 bridgehead atoms. The summed E-state index contributed by atoms with van der Waals surface area (Å²) in [6, 6.07) is 14.2. The van der Waals surface area contributed by atoms with Gasteiger partial charge in [0.2, 0.25) is 0 Å². The lowest BCUT2D eigenvalue weighted by Gasteiger charge is -2.71. The van der Waals surface area contributed by atoms with Crippen LogP contribution in [0.5, 0.6) is 0 Å². The predicted molar refractivity (Wildman–Crippen MR) is 179 cm³/mol. The molecule has 8 atom stereocenters. The molecule has 4 fully saturated rings. The summed E-state index contributed by atoms with van der Waals surface area (Å²) in [7, 11) is 0. The quantitative estimate of drug-likeness (QED) is 0.251. The largest absolute Gasteiger partial charge is 0.393 e. The van der Waals surface area contributed by atoms with Crippen LogP contribution in [-0.4, -0.2) is 52.2 Å². The molecule has 0 aromatic heterocycles. The maximum Gasteiger partial charge on any atom is 0.189 e. The molecule has 3 saturated carbocycles. The number of piperidine rings is 1. The summed E-state index contributed by atoms with van der Waals surface area (Å²) >= 11 is 0. The van der Waals surface area contributed by atoms with E-state index in [0.717, 1.165) is 76.6 Å². The van der Waals surface area contributed by atoms with E-state index in [-0.39, 0.29) is 28.6 Å². The summed E-state index contributed by atoms with van der Waals surface area (Å²) in [5.74, 6) is -1.38. The van der Waals surface area contributed by atoms with Crippen molar-refractivity contribution in [3.8, 4) is 0 Å². The topological polar surface area (TPSA) is 60.8 Å². The third-order valence-electron chi connectivity index (χ3n) is 14.7. The predicted octanol–water partition coefficient (Wildman–Crippen LogP) is 7.69. The van der Waals surface area contributed by atoms with E-state index in [4.69, 9.17) is 0 Å². The summed E-state index contributed by atoms with van der Waals surface area (Å²) < 4.78 is 28.5. The SMILES string of the molecule is CC12CCC(O)CC13C=CC1(C(C(=O)c4ccc(F)c(F)c4)=C3)C2CCC2(C)C1CCC2(O)CN1CCC(Cc2ccccc2)CC1. The number of carbonyl (C=O) groups is 1. The number of β-amino-alcohol motifs (C(OH)–C–C–N with tert-alkyl or cyclic N) is 1. The number of hydrogen-bond acceptors (Lipinski definition) is 4. The molecule has 0 amide bonds. The fraction of sp³-hybridized carbons (Fsp3) is 0.585. The minimum absolute atomic E-state index is 0.0353. The van der Waals surface area contributed by atoms with Gasteiger partial charge in [-0.25, -0.2) is 8.78 Å². The van der Waals surface area contributed by atoms with Gasteiger partial charge in [-0.1, -0.05) is 62.4 Å². The average Bonchev–Trinajstić information content (AvgIpc) is 3.33. The number of fused-ring (bicyclic) bond motifs is 1. The first-order valence-electron chi connectivity index (χ1n) is 18.0. The number of carbonyl (C=O) groups excluding carboxylic acids is 1. The first kappa shape index (κ1) is 31.6. The normalized spacial score (nSPS) is 41.2. The van der Waals surface area contributed by atoms with Gasteiger partial charge in [0.1, 0.15) is 0 Å². The fourth-order valence-electron chi connectivity index (χ4n) is 12.1. The highest BCUT2D eigenvalue weighted by Crippen LogP contribution is 2.78. The van der Waals surface area contributed by atoms with Crippen LogP contribution in [0.15, 0.2) is 72.3 Å². The van der Waals surface area contributed by atoms with Crippen molar-refractivity contribution in [2.45, 2.75) is 89.8 Å². The van der Waals surface area contributed by atoms with E-state index in [1.807, 2.05) is 0 Å². The summed E-state index contributed by atoms with van der Waals surface area (Å²) in [5, 5.41) is 23.7. The number of nitrogens with zero attached hydrogens (tertiary/aromatic N) is 1. The van der Waals surface area contributed by atoms with Gasteiger partial charge < -0.3 is 15.1 Å². The van der Waals surface area contributed by atoms with Gasteiger partial charge in [0.25, 0.3) is 0 Å². The van der Waals surface area contributed by atoms with Crippen molar-refractivity contribution in [3.05, 3.63) is 95.1 Å². The maximum absolute atomic E-state index is 14.6. The van der Waals surface area contributed by atoms with E-state index in [1.54, 1.807) is 0 Å². The van der Waals surface area contributed by atoms with Crippen LogP contribution >= 0.6 is 0 Å². The smallest absolute Gasteiger partial charge is 0.189 e. The second kappa shape index (κ2) is 10.9. The Labute approximate surface area is 277 Å². The number of halogens is 2. The molecule has 9 rings (SSSR count). The van der Waals surface area contributed by atoms with Gasteiger partial charge in [-0.15, -0.1) is 0 Å². The minimum atomic E-state index is -1.02. The Kier molecular flexibility index (Phi) is 7.34. The Morgan fingerprint density at radius 3 is 2.32 bits per heavy atom. The Bertz CT molecular complexity index is 1630. The molecular formula is C41H49F2NO3. The molecule has 4 nitrogen and oxygen atoms in total. The molecule has 8 unspecified atom stereocenters. The maximum atomic E-state index is 14.6. The highest BCUT2D eigenvalue weighted by Gasteiger charge is 2.74. The number of ketones is 1. The molecule has 2 aromatic rings. The monoisotopic (exact) mass is 641 g/mol. The molecule has 1 saturated heterocycles. The molecule has 47 heavy (non-hydrogen) atoms. The van der Waals surface area contributed by atoms with Gasteiger partial charge in [0, 0.05) is 33.9 Å². The van der Waals surface area contributed by atoms with Crippen molar-refractivity contribution in [2.24, 2.45) is 39.4 Å². The number of aliphatic hydroxyl groups excluding tert-OH is 1. The number of hydrogen-bond donors (Lipinski definition) is 2. The molecule has 7 aliphatic rings. The molecule has 6 aliphatic carbocycles. The van der Waals surface area contributed by atoms with Crippen LogP contribution in [0.4, 0.5) is 8.78 Å². The average molecular weight is 642 g/mol. The van der Waals surface area contributed by atoms with E-state index < -0.39 is 39.6 Å². The van der Waals surface area contributed by atoms with Gasteiger partial charge >= 0.3 is 0 Å². The van der Waals surface area contributed by atoms with Gasteiger partial charge in [-0.3, -0.25) is 4.79 Å². The van der Waals surface area contributed by atoms with Gasteiger partial charge in [0.15, 0.2) is 17.4 Å². The Morgan fingerprint density at radius 1 is 0.872 bits per heavy atom. The first-order valence-corrected chi connectivity index (χ1v) is 18.0. The van der Waals surface area contributed by atoms with Crippen LogP contribution in [0.25, 0.3) is 0 Å². The number of benzene rings is 2. The third kappa shape index (κ3) is 4.49. The van der Waals surface area contributed by atoms with Crippen molar-refractivity contribution < 1.29 is 23.8 Å². The zero-order valence-corrected chi connectivity index (χ0v) is 27.9. The second-order valence-corrected chi connectivity index (χ2v) is 16.7. The zero-order valence-electron chi connectivity index (χ0n) is 27.9. The third-order valence-corrected chi connectivity index (χ3v) is 14.7. The van der Waals surface area contributed by atoms with Crippen molar-refractivity contribution in [1.82, 2.24) is 4.90 Å². The minimum Gasteiger partial charge on any atom is -0.393 e. The number of aliphatic hydroxyl groups is 2. The molecular weight excluding hydrogens is 592 g/mol. The van der Waals surface area contributed by atoms with Gasteiger partial charge in [-0.2, -0.15) is 0 Å². The van der Waals surface area contributed by atoms with Crippen molar-refractivity contribution in [2.75, 3.05) is 19.6 Å². The van der Waals surface area contributed by atoms with Crippen LogP contribution in [-0.2, 0) is 6.42 Å². The second-order valence-electron chi connectivity index (χ2n) is 16.7. The van der Waals surface area contributed by atoms with Crippen molar-refractivity contribution in [1.29, 1.82) is 0 Å². The van der Waals surface area contributed by atoms with Crippen molar-refractivity contribution in [3.63, 3.8) is 0 Å². The Hall–Kier alpha value is -2.67. The van der Waals surface area contributed by atoms with E-state index in [1.165, 1.54) is 11.6 Å². The van der Waals surface area contributed by atoms with Crippen LogP contribution in [0.1, 0.15) is 87.6 Å². The number of rotatable bonds is 6. The van der Waals surface area contributed by atoms with Crippen molar-refractivity contribution >= 4 is 5.78 Å². The summed E-state index contributed by atoms with van der Waals surface area (Å²) in [5.41, 5.74) is -0.280. The highest BCUT2D eigenvalue weighted by molar-refractivity contribution is 6.10. The number of allylic oxidation sites excluding steroid dienone is 4. The molecule has 2 N–H and O–H groups in total. The highest BCUT2D eigenvalue weighted by atomic mass is 19.2. The van der Waals surface area contributed by atoms with E-state index in [0.29, 0.717) is 30.9 Å². The fourth-order valence-corrected chi connectivity index (χ4v) is 12.1. The van der Waals surface area contributed by atoms with Gasteiger partial charge in [-0.05, 0) is 124 Å². The Morgan fingerprint density at radius 2 is 1.57 bits per heavy atom. The molecule has 1 heterocycles. The standard InChI is InChI=1S/C41H49F2NO3/c1-37-15-10-30(45)24-39(37)18-19-41(31(25-39)36(46)29-8-9-32(42)33(43)23-29)34(37)11-16-38(2)35(41)12-17-40(38,47)26-44-20-13-28(14-21-44)22-27-6-4-3-5-7-27/h3-9,18-19,23,25,28,30,34-35,45,47H,10-17,20-22,24,26H2,1-2H3. The molecule has 6 heteroatoms. The number of Topliss-reactive ketones (excluding diaryl/α,β-unsaturated/α-hetero) is 1. The summed E-state index contributed by atoms with van der Waals surface area (Å²) in [4.78, 5) is 17.0. The molecule has 1 aliphatic heterocycles. The lowest BCUT2D eigenvalue weighted by atomic mass is 9.32.